The van der Waals surface area contributed by atoms with Crippen LogP contribution in [0.4, 0.5) is 0 Å². The standard InChI is InChI=1S/C75H136O6/c1-4-7-10-13-16-19-21-23-25-27-29-31-33-34-35-36-37-38-39-40-41-43-44-46-48-50-52-54-56-59-62-65-68-74(77)80-71-72(70-79-73(76)67-64-61-58-18-15-12-9-6-3)81-75(78)69-66-63-60-57-55-53-51-49-47-45-42-32-30-28-26-24-22-20-17-14-11-8-5-2/h8,11,17,20,24,26,30,32,45,47,72H,4-7,9-10,12-16,18-19,21-23,25,27-29,31,33-44,46,48-71H2,1-3H3/b11-8-,20-17-,26-24-,32-30-,47-45-. The highest BCUT2D eigenvalue weighted by Gasteiger charge is 2.19. The highest BCUT2D eigenvalue weighted by Crippen LogP contribution is 2.19. The molecule has 472 valence electrons. The topological polar surface area (TPSA) is 78.9 Å². The second-order valence-electron chi connectivity index (χ2n) is 24.1. The van der Waals surface area contributed by atoms with E-state index in [0.29, 0.717) is 19.3 Å². The highest BCUT2D eigenvalue weighted by molar-refractivity contribution is 5.71. The lowest BCUT2D eigenvalue weighted by Gasteiger charge is -2.18. The second-order valence-corrected chi connectivity index (χ2v) is 24.1. The van der Waals surface area contributed by atoms with Gasteiger partial charge in [-0.2, -0.15) is 0 Å². The van der Waals surface area contributed by atoms with Gasteiger partial charge in [-0.1, -0.05) is 358 Å². The predicted molar refractivity (Wildman–Crippen MR) is 353 cm³/mol. The van der Waals surface area contributed by atoms with E-state index in [9.17, 15) is 14.4 Å². The fourth-order valence-corrected chi connectivity index (χ4v) is 10.7. The molecule has 0 aromatic rings. The molecule has 0 bridgehead atoms. The van der Waals surface area contributed by atoms with E-state index >= 15 is 0 Å². The van der Waals surface area contributed by atoms with Crippen molar-refractivity contribution in [3.8, 4) is 0 Å². The Hall–Kier alpha value is -2.89. The number of carbonyl (C=O) groups is 3. The minimum Gasteiger partial charge on any atom is -0.462 e. The summed E-state index contributed by atoms with van der Waals surface area (Å²) in [5.41, 5.74) is 0. The van der Waals surface area contributed by atoms with E-state index in [0.717, 1.165) is 96.3 Å². The van der Waals surface area contributed by atoms with Gasteiger partial charge in [-0.25, -0.2) is 0 Å². The maximum absolute atomic E-state index is 12.9. The van der Waals surface area contributed by atoms with Crippen molar-refractivity contribution in [3.05, 3.63) is 60.8 Å². The minimum atomic E-state index is -0.778. The summed E-state index contributed by atoms with van der Waals surface area (Å²) in [6, 6.07) is 0. The smallest absolute Gasteiger partial charge is 0.306 e. The maximum Gasteiger partial charge on any atom is 0.306 e. The number of ether oxygens (including phenoxy) is 3. The van der Waals surface area contributed by atoms with Crippen LogP contribution in [-0.2, 0) is 28.6 Å². The molecule has 1 unspecified atom stereocenters. The third kappa shape index (κ3) is 67.8. The van der Waals surface area contributed by atoms with Crippen LogP contribution < -0.4 is 0 Å². The average molecular weight is 1130 g/mol. The number of hydrogen-bond acceptors (Lipinski definition) is 6. The summed E-state index contributed by atoms with van der Waals surface area (Å²) >= 11 is 0. The Morgan fingerprint density at radius 1 is 0.259 bits per heavy atom. The van der Waals surface area contributed by atoms with Crippen LogP contribution in [0.3, 0.4) is 0 Å². The van der Waals surface area contributed by atoms with Gasteiger partial charge in [-0.05, 0) is 64.2 Å². The van der Waals surface area contributed by atoms with Gasteiger partial charge >= 0.3 is 17.9 Å². The van der Waals surface area contributed by atoms with Gasteiger partial charge in [0.15, 0.2) is 6.10 Å². The Bertz CT molecular complexity index is 1440. The summed E-state index contributed by atoms with van der Waals surface area (Å²) in [7, 11) is 0. The van der Waals surface area contributed by atoms with Crippen LogP contribution in [0, 0.1) is 0 Å². The Balaban J connectivity index is 4.05. The molecule has 0 radical (unpaired) electrons. The molecule has 0 saturated carbocycles. The van der Waals surface area contributed by atoms with Gasteiger partial charge in [0.05, 0.1) is 0 Å². The lowest BCUT2D eigenvalue weighted by atomic mass is 10.0. The summed E-state index contributed by atoms with van der Waals surface area (Å²) in [6.45, 7) is 6.55. The molecule has 6 heteroatoms. The van der Waals surface area contributed by atoms with Crippen molar-refractivity contribution in [2.75, 3.05) is 13.2 Å². The molecule has 0 fully saturated rings. The summed E-state index contributed by atoms with van der Waals surface area (Å²) < 4.78 is 16.9. The molecule has 0 aliphatic carbocycles. The Kier molecular flexibility index (Phi) is 67.1. The number of hydrogen-bond donors (Lipinski definition) is 0. The van der Waals surface area contributed by atoms with Gasteiger partial charge < -0.3 is 14.2 Å². The van der Waals surface area contributed by atoms with Crippen molar-refractivity contribution in [1.82, 2.24) is 0 Å². The first kappa shape index (κ1) is 78.1. The van der Waals surface area contributed by atoms with E-state index in [1.54, 1.807) is 0 Å². The van der Waals surface area contributed by atoms with E-state index in [1.165, 1.54) is 244 Å². The first-order valence-electron chi connectivity index (χ1n) is 35.8. The van der Waals surface area contributed by atoms with Crippen LogP contribution in [0.1, 0.15) is 380 Å². The van der Waals surface area contributed by atoms with Crippen LogP contribution in [0.5, 0.6) is 0 Å². The van der Waals surface area contributed by atoms with Gasteiger partial charge in [0, 0.05) is 19.3 Å². The predicted octanol–water partition coefficient (Wildman–Crippen LogP) is 24.7. The van der Waals surface area contributed by atoms with E-state index in [1.807, 2.05) is 0 Å². The lowest BCUT2D eigenvalue weighted by Crippen LogP contribution is -2.30. The molecule has 0 aromatic heterocycles. The highest BCUT2D eigenvalue weighted by atomic mass is 16.6. The largest absolute Gasteiger partial charge is 0.462 e. The summed E-state index contributed by atoms with van der Waals surface area (Å²) in [6.07, 6.45) is 90.0. The van der Waals surface area contributed by atoms with Crippen LogP contribution in [0.2, 0.25) is 0 Å². The minimum absolute atomic E-state index is 0.0745. The zero-order valence-corrected chi connectivity index (χ0v) is 54.3. The van der Waals surface area contributed by atoms with Gasteiger partial charge in [-0.15, -0.1) is 0 Å². The van der Waals surface area contributed by atoms with Crippen molar-refractivity contribution in [2.45, 2.75) is 386 Å². The molecule has 81 heavy (non-hydrogen) atoms. The van der Waals surface area contributed by atoms with Gasteiger partial charge in [0.2, 0.25) is 0 Å². The third-order valence-electron chi connectivity index (χ3n) is 16.0. The fraction of sp³-hybridized carbons (Fsp3) is 0.827. The number of rotatable bonds is 66. The molecular formula is C75H136O6. The molecule has 0 saturated heterocycles. The van der Waals surface area contributed by atoms with Gasteiger partial charge in [0.25, 0.3) is 0 Å². The van der Waals surface area contributed by atoms with Crippen LogP contribution in [0.15, 0.2) is 60.8 Å². The third-order valence-corrected chi connectivity index (χ3v) is 16.0. The van der Waals surface area contributed by atoms with E-state index < -0.39 is 6.10 Å². The van der Waals surface area contributed by atoms with Crippen molar-refractivity contribution in [3.63, 3.8) is 0 Å². The van der Waals surface area contributed by atoms with Gasteiger partial charge in [-0.3, -0.25) is 14.4 Å². The molecule has 0 spiro atoms. The van der Waals surface area contributed by atoms with Crippen molar-refractivity contribution >= 4 is 17.9 Å². The number of esters is 3. The molecule has 0 aromatic carbocycles. The van der Waals surface area contributed by atoms with Crippen LogP contribution >= 0.6 is 0 Å². The van der Waals surface area contributed by atoms with E-state index in [-0.39, 0.29) is 31.1 Å². The Labute approximate surface area is 504 Å². The zero-order valence-electron chi connectivity index (χ0n) is 54.3. The first-order valence-corrected chi connectivity index (χ1v) is 35.8. The summed E-state index contributed by atoms with van der Waals surface area (Å²) in [5.74, 6) is -0.870. The van der Waals surface area contributed by atoms with Crippen molar-refractivity contribution < 1.29 is 28.6 Å². The zero-order chi connectivity index (χ0) is 58.5. The molecular weight excluding hydrogens is 997 g/mol. The molecule has 0 amide bonds. The quantitative estimate of drug-likeness (QED) is 0.0261. The fourth-order valence-electron chi connectivity index (χ4n) is 10.7. The normalized spacial score (nSPS) is 12.4. The molecule has 0 heterocycles. The first-order chi connectivity index (χ1) is 40.0. The summed E-state index contributed by atoms with van der Waals surface area (Å²) in [5, 5.41) is 0. The molecule has 0 rings (SSSR count). The Morgan fingerprint density at radius 2 is 0.481 bits per heavy atom. The van der Waals surface area contributed by atoms with Crippen molar-refractivity contribution in [1.29, 1.82) is 0 Å². The monoisotopic (exact) mass is 1130 g/mol. The molecule has 0 aliphatic heterocycles. The number of carbonyl (C=O) groups excluding carboxylic acids is 3. The summed E-state index contributed by atoms with van der Waals surface area (Å²) in [4.78, 5) is 38.2. The lowest BCUT2D eigenvalue weighted by molar-refractivity contribution is -0.167. The van der Waals surface area contributed by atoms with E-state index in [4.69, 9.17) is 14.2 Å². The Morgan fingerprint density at radius 3 is 0.753 bits per heavy atom. The second kappa shape index (κ2) is 69.6. The molecule has 0 aliphatic rings. The number of allylic oxidation sites excluding steroid dienone is 10. The van der Waals surface area contributed by atoms with Crippen molar-refractivity contribution in [2.24, 2.45) is 0 Å². The molecule has 1 atom stereocenters. The SMILES string of the molecule is CC/C=C\C/C=C\C/C=C\C/C=C\C/C=C\CCCCCCCCCC(=O)OC(COC(=O)CCCCCCCCCC)COC(=O)CCCCCCCCCCCCCCCCCCCCCCCCCCCCCCCCCC. The van der Waals surface area contributed by atoms with E-state index in [2.05, 4.69) is 81.5 Å². The maximum atomic E-state index is 12.9. The average Bonchev–Trinajstić information content (AvgIpc) is 3.47. The molecule has 0 N–H and O–H groups in total. The van der Waals surface area contributed by atoms with Gasteiger partial charge in [0.1, 0.15) is 13.2 Å². The van der Waals surface area contributed by atoms with Crippen LogP contribution in [0.25, 0.3) is 0 Å². The van der Waals surface area contributed by atoms with Crippen LogP contribution in [-0.4, -0.2) is 37.2 Å². The molecule has 6 nitrogen and oxygen atoms in total. The number of unbranched alkanes of at least 4 members (excludes halogenated alkanes) is 45.